The number of nitrogens with zero attached hydrogens (tertiary/aromatic N) is 5. The molecule has 1 aliphatic carbocycles. The number of thiazole rings is 1. The fraction of sp³-hybridized carbons (Fsp3) is 0.667. The van der Waals surface area contributed by atoms with Crippen LogP contribution in [0.2, 0.25) is 0 Å². The molecule has 2 aromatic rings. The van der Waals surface area contributed by atoms with Gasteiger partial charge < -0.3 is 19.5 Å². The number of aromatic nitrogens is 3. The molecule has 2 heterocycles. The first-order valence-corrected chi connectivity index (χ1v) is 10.3. The number of nitrogens with one attached hydrogen (secondary N) is 1. The molecule has 8 nitrogen and oxygen atoms in total. The lowest BCUT2D eigenvalue weighted by Crippen LogP contribution is -2.38. The summed E-state index contributed by atoms with van der Waals surface area (Å²) >= 11 is 1.83. The third-order valence-corrected chi connectivity index (χ3v) is 5.64. The fourth-order valence-corrected chi connectivity index (χ4v) is 4.33. The van der Waals surface area contributed by atoms with Crippen LogP contribution in [0.15, 0.2) is 9.52 Å². The standard InChI is InChI=1S/C18H28N6O2S/c1-5-25-12(2)17-22-15(26-23-17)10-20-18(19-3)24(4)11-16-21-13-8-6-7-9-14(13)27-16/h12H,5-11H2,1-4H3,(H,19,20). The normalized spacial score (nSPS) is 15.5. The van der Waals surface area contributed by atoms with Crippen molar-refractivity contribution in [3.05, 3.63) is 27.3 Å². The van der Waals surface area contributed by atoms with Gasteiger partial charge in [-0.25, -0.2) is 4.98 Å². The highest BCUT2D eigenvalue weighted by atomic mass is 32.1. The Balaban J connectivity index is 1.54. The highest BCUT2D eigenvalue weighted by molar-refractivity contribution is 7.11. The Morgan fingerprint density at radius 2 is 2.19 bits per heavy atom. The predicted molar refractivity (Wildman–Crippen MR) is 105 cm³/mol. The Hall–Kier alpha value is -2.00. The zero-order valence-electron chi connectivity index (χ0n) is 16.5. The largest absolute Gasteiger partial charge is 0.371 e. The topological polar surface area (TPSA) is 88.7 Å². The van der Waals surface area contributed by atoms with Gasteiger partial charge in [0, 0.05) is 25.6 Å². The van der Waals surface area contributed by atoms with Crippen molar-refractivity contribution in [1.29, 1.82) is 0 Å². The van der Waals surface area contributed by atoms with E-state index in [1.807, 2.05) is 32.2 Å². The van der Waals surface area contributed by atoms with Gasteiger partial charge in [0.25, 0.3) is 0 Å². The van der Waals surface area contributed by atoms with Crippen LogP contribution in [0.1, 0.15) is 60.1 Å². The van der Waals surface area contributed by atoms with Gasteiger partial charge in [-0.3, -0.25) is 4.99 Å². The average Bonchev–Trinajstić information content (AvgIpc) is 3.28. The molecule has 9 heteroatoms. The quantitative estimate of drug-likeness (QED) is 0.572. The second-order valence-electron chi connectivity index (χ2n) is 6.59. The van der Waals surface area contributed by atoms with E-state index in [4.69, 9.17) is 14.2 Å². The first-order chi connectivity index (χ1) is 13.1. The molecule has 0 aromatic carbocycles. The van der Waals surface area contributed by atoms with Crippen LogP contribution in [0.25, 0.3) is 0 Å². The summed E-state index contributed by atoms with van der Waals surface area (Å²) in [5.41, 5.74) is 1.29. The van der Waals surface area contributed by atoms with Gasteiger partial charge in [-0.2, -0.15) is 4.98 Å². The number of ether oxygens (including phenoxy) is 1. The molecule has 0 fully saturated rings. The minimum absolute atomic E-state index is 0.176. The van der Waals surface area contributed by atoms with Gasteiger partial charge in [0.05, 0.1) is 18.8 Å². The van der Waals surface area contributed by atoms with Gasteiger partial charge in [0.15, 0.2) is 11.8 Å². The molecule has 148 valence electrons. The molecule has 1 N–H and O–H groups in total. The summed E-state index contributed by atoms with van der Waals surface area (Å²) < 4.78 is 10.8. The second kappa shape index (κ2) is 9.27. The Labute approximate surface area is 164 Å². The van der Waals surface area contributed by atoms with Crippen LogP contribution < -0.4 is 5.32 Å². The van der Waals surface area contributed by atoms with Gasteiger partial charge in [-0.15, -0.1) is 11.3 Å². The van der Waals surface area contributed by atoms with Gasteiger partial charge in [0.1, 0.15) is 11.1 Å². The summed E-state index contributed by atoms with van der Waals surface area (Å²) in [6.07, 6.45) is 4.64. The number of aryl methyl sites for hydroxylation is 2. The molecule has 0 bridgehead atoms. The summed E-state index contributed by atoms with van der Waals surface area (Å²) in [5.74, 6) is 1.84. The molecule has 1 unspecified atom stereocenters. The van der Waals surface area contributed by atoms with Crippen LogP contribution in [0, 0.1) is 0 Å². The highest BCUT2D eigenvalue weighted by Crippen LogP contribution is 2.27. The van der Waals surface area contributed by atoms with Crippen molar-refractivity contribution in [2.75, 3.05) is 20.7 Å². The van der Waals surface area contributed by atoms with Crippen molar-refractivity contribution in [3.63, 3.8) is 0 Å². The molecule has 0 spiro atoms. The molecule has 1 atom stereocenters. The van der Waals surface area contributed by atoms with Crippen molar-refractivity contribution in [2.45, 2.75) is 58.7 Å². The Kier molecular flexibility index (Phi) is 6.78. The van der Waals surface area contributed by atoms with Crippen molar-refractivity contribution < 1.29 is 9.26 Å². The van der Waals surface area contributed by atoms with E-state index in [2.05, 4.69) is 25.3 Å². The maximum atomic E-state index is 5.48. The summed E-state index contributed by atoms with van der Waals surface area (Å²) in [5, 5.41) is 8.38. The summed E-state index contributed by atoms with van der Waals surface area (Å²) in [4.78, 5) is 17.0. The zero-order chi connectivity index (χ0) is 19.2. The molecule has 2 aromatic heterocycles. The monoisotopic (exact) mass is 392 g/mol. The van der Waals surface area contributed by atoms with E-state index < -0.39 is 0 Å². The maximum absolute atomic E-state index is 5.48. The number of hydrogen-bond donors (Lipinski definition) is 1. The molecule has 0 saturated heterocycles. The van der Waals surface area contributed by atoms with Crippen molar-refractivity contribution in [3.8, 4) is 0 Å². The van der Waals surface area contributed by atoms with E-state index in [1.165, 1.54) is 29.8 Å². The predicted octanol–water partition coefficient (Wildman–Crippen LogP) is 2.71. The van der Waals surface area contributed by atoms with Crippen LogP contribution >= 0.6 is 11.3 Å². The van der Waals surface area contributed by atoms with E-state index >= 15 is 0 Å². The van der Waals surface area contributed by atoms with Crippen LogP contribution in [0.5, 0.6) is 0 Å². The number of aliphatic imine (C=N–C) groups is 1. The lowest BCUT2D eigenvalue weighted by atomic mass is 10.0. The molecular formula is C18H28N6O2S. The smallest absolute Gasteiger partial charge is 0.246 e. The van der Waals surface area contributed by atoms with Crippen molar-refractivity contribution in [1.82, 2.24) is 25.3 Å². The van der Waals surface area contributed by atoms with E-state index in [-0.39, 0.29) is 6.10 Å². The van der Waals surface area contributed by atoms with Gasteiger partial charge >= 0.3 is 0 Å². The number of rotatable bonds is 7. The SMILES string of the molecule is CCOC(C)c1noc(CNC(=NC)N(C)Cc2nc3c(s2)CCCC3)n1. The molecule has 1 aliphatic rings. The Morgan fingerprint density at radius 3 is 2.93 bits per heavy atom. The van der Waals surface area contributed by atoms with Crippen LogP contribution in [-0.4, -0.2) is 46.7 Å². The number of hydrogen-bond acceptors (Lipinski definition) is 7. The van der Waals surface area contributed by atoms with Crippen LogP contribution in [0.4, 0.5) is 0 Å². The molecule has 0 aliphatic heterocycles. The van der Waals surface area contributed by atoms with E-state index in [0.29, 0.717) is 24.9 Å². The van der Waals surface area contributed by atoms with Gasteiger partial charge in [-0.1, -0.05) is 5.16 Å². The first kappa shape index (κ1) is 19.8. The second-order valence-corrected chi connectivity index (χ2v) is 7.75. The minimum atomic E-state index is -0.176. The maximum Gasteiger partial charge on any atom is 0.246 e. The molecule has 0 saturated carbocycles. The fourth-order valence-electron chi connectivity index (χ4n) is 3.12. The number of guanidine groups is 1. The lowest BCUT2D eigenvalue weighted by molar-refractivity contribution is 0.0683. The number of fused-ring (bicyclic) bond motifs is 1. The zero-order valence-corrected chi connectivity index (χ0v) is 17.3. The summed E-state index contributed by atoms with van der Waals surface area (Å²) in [6, 6.07) is 0. The highest BCUT2D eigenvalue weighted by Gasteiger charge is 2.18. The van der Waals surface area contributed by atoms with Crippen molar-refractivity contribution in [2.24, 2.45) is 4.99 Å². The van der Waals surface area contributed by atoms with Crippen LogP contribution in [-0.2, 0) is 30.7 Å². The summed E-state index contributed by atoms with van der Waals surface area (Å²) in [6.45, 7) is 5.61. The molecule has 27 heavy (non-hydrogen) atoms. The Bertz CT molecular complexity index is 748. The molecule has 0 radical (unpaired) electrons. The third kappa shape index (κ3) is 5.04. The van der Waals surface area contributed by atoms with E-state index in [1.54, 1.807) is 7.05 Å². The van der Waals surface area contributed by atoms with Crippen LogP contribution in [0.3, 0.4) is 0 Å². The summed E-state index contributed by atoms with van der Waals surface area (Å²) in [7, 11) is 3.77. The van der Waals surface area contributed by atoms with Crippen molar-refractivity contribution >= 4 is 17.3 Å². The van der Waals surface area contributed by atoms with E-state index in [0.717, 1.165) is 23.9 Å². The van der Waals surface area contributed by atoms with Gasteiger partial charge in [-0.05, 0) is 39.5 Å². The van der Waals surface area contributed by atoms with Gasteiger partial charge in [0.2, 0.25) is 5.89 Å². The molecular weight excluding hydrogens is 364 g/mol. The first-order valence-electron chi connectivity index (χ1n) is 9.44. The third-order valence-electron chi connectivity index (χ3n) is 4.50. The molecule has 3 rings (SSSR count). The Morgan fingerprint density at radius 1 is 1.37 bits per heavy atom. The minimum Gasteiger partial charge on any atom is -0.371 e. The lowest BCUT2D eigenvalue weighted by Gasteiger charge is -2.20. The van der Waals surface area contributed by atoms with E-state index in [9.17, 15) is 0 Å². The molecule has 0 amide bonds. The average molecular weight is 393 g/mol.